The number of ketones is 1. The van der Waals surface area contributed by atoms with E-state index in [9.17, 15) is 9.59 Å². The Morgan fingerprint density at radius 3 is 2.00 bits per heavy atom. The van der Waals surface area contributed by atoms with Crippen LogP contribution < -0.4 is 0 Å². The summed E-state index contributed by atoms with van der Waals surface area (Å²) in [5.41, 5.74) is 7.31. The highest BCUT2D eigenvalue weighted by atomic mass is 16.5. The molecule has 0 amide bonds. The summed E-state index contributed by atoms with van der Waals surface area (Å²) in [5, 5.41) is 0.725. The molecule has 1 unspecified atom stereocenters. The van der Waals surface area contributed by atoms with Crippen molar-refractivity contribution in [3.05, 3.63) is 100 Å². The number of aromatic nitrogens is 1. The zero-order valence-corrected chi connectivity index (χ0v) is 19.6. The molecule has 0 spiro atoms. The van der Waals surface area contributed by atoms with E-state index >= 15 is 0 Å². The minimum Gasteiger partial charge on any atom is -0.451 e. The zero-order valence-electron chi connectivity index (χ0n) is 19.6. The Balaban J connectivity index is 1.76. The number of ether oxygens (including phenoxy) is 1. The Hall–Kier alpha value is -3.79. The van der Waals surface area contributed by atoms with Gasteiger partial charge < -0.3 is 4.74 Å². The number of benzene rings is 3. The average molecular weight is 438 g/mol. The number of Topliss-reactive ketones (excluding diaryl/α,β-unsaturated/α-hetero) is 1. The molecule has 0 bridgehead atoms. The highest BCUT2D eigenvalue weighted by molar-refractivity contribution is 6.08. The van der Waals surface area contributed by atoms with Crippen molar-refractivity contribution >= 4 is 22.7 Å². The van der Waals surface area contributed by atoms with Crippen LogP contribution in [0.4, 0.5) is 0 Å². The number of rotatable bonds is 5. The fourth-order valence-corrected chi connectivity index (χ4v) is 3.95. The van der Waals surface area contributed by atoms with Crippen LogP contribution in [-0.2, 0) is 4.74 Å². The molecule has 1 heterocycles. The maximum absolute atomic E-state index is 13.4. The first-order valence-corrected chi connectivity index (χ1v) is 11.0. The number of hydrogen-bond acceptors (Lipinski definition) is 4. The van der Waals surface area contributed by atoms with Crippen LogP contribution in [-0.4, -0.2) is 22.8 Å². The second-order valence-corrected chi connectivity index (χ2v) is 8.62. The molecule has 0 saturated carbocycles. The summed E-state index contributed by atoms with van der Waals surface area (Å²) in [6, 6.07) is 21.2. The Bertz CT molecular complexity index is 1350. The van der Waals surface area contributed by atoms with Crippen LogP contribution in [0.5, 0.6) is 0 Å². The second kappa shape index (κ2) is 8.99. The van der Waals surface area contributed by atoms with Crippen LogP contribution in [0.3, 0.4) is 0 Å². The first kappa shape index (κ1) is 22.4. The summed E-state index contributed by atoms with van der Waals surface area (Å²) < 4.78 is 5.71. The molecule has 0 radical (unpaired) electrons. The molecular formula is C29H27NO3. The Morgan fingerprint density at radius 1 is 0.788 bits per heavy atom. The number of carbonyl (C=O) groups excluding carboxylic acids is 2. The van der Waals surface area contributed by atoms with E-state index < -0.39 is 12.1 Å². The number of carbonyl (C=O) groups is 2. The van der Waals surface area contributed by atoms with Gasteiger partial charge in [0.15, 0.2) is 6.10 Å². The fraction of sp³-hybridized carbons (Fsp3) is 0.207. The Morgan fingerprint density at radius 2 is 1.36 bits per heavy atom. The molecule has 4 aromatic rings. The highest BCUT2D eigenvalue weighted by Crippen LogP contribution is 2.31. The van der Waals surface area contributed by atoms with Gasteiger partial charge in [0.1, 0.15) is 0 Å². The molecule has 1 atom stereocenters. The maximum atomic E-state index is 13.4. The van der Waals surface area contributed by atoms with Gasteiger partial charge in [-0.3, -0.25) is 4.79 Å². The topological polar surface area (TPSA) is 56.3 Å². The lowest BCUT2D eigenvalue weighted by Crippen LogP contribution is -2.25. The molecule has 0 aliphatic heterocycles. The summed E-state index contributed by atoms with van der Waals surface area (Å²) in [7, 11) is 0. The summed E-state index contributed by atoms with van der Waals surface area (Å²) in [6.45, 7) is 9.46. The van der Waals surface area contributed by atoms with Crippen LogP contribution in [0, 0.1) is 27.7 Å². The van der Waals surface area contributed by atoms with Gasteiger partial charge in [0.25, 0.3) is 0 Å². The minimum atomic E-state index is -0.907. The quantitative estimate of drug-likeness (QED) is 0.262. The van der Waals surface area contributed by atoms with Gasteiger partial charge in [0.05, 0.1) is 16.8 Å². The molecule has 4 heteroatoms. The van der Waals surface area contributed by atoms with Crippen molar-refractivity contribution in [3.8, 4) is 11.3 Å². The Kier molecular flexibility index (Phi) is 6.10. The van der Waals surface area contributed by atoms with E-state index in [0.29, 0.717) is 16.6 Å². The second-order valence-electron chi connectivity index (χ2n) is 8.62. The molecule has 166 valence electrons. The number of esters is 1. The molecule has 33 heavy (non-hydrogen) atoms. The normalized spacial score (nSPS) is 11.9. The van der Waals surface area contributed by atoms with Crippen molar-refractivity contribution < 1.29 is 14.3 Å². The predicted octanol–water partition coefficient (Wildman–Crippen LogP) is 6.56. The molecule has 4 nitrogen and oxygen atoms in total. The molecule has 0 N–H and O–H groups in total. The summed E-state index contributed by atoms with van der Waals surface area (Å²) in [6.07, 6.45) is -0.907. The van der Waals surface area contributed by atoms with Gasteiger partial charge in [-0.2, -0.15) is 0 Å². The van der Waals surface area contributed by atoms with Crippen LogP contribution >= 0.6 is 0 Å². The van der Waals surface area contributed by atoms with E-state index in [-0.39, 0.29) is 5.78 Å². The third-order valence-electron chi connectivity index (χ3n) is 5.90. The van der Waals surface area contributed by atoms with E-state index in [1.54, 1.807) is 19.1 Å². The maximum Gasteiger partial charge on any atom is 0.339 e. The van der Waals surface area contributed by atoms with Gasteiger partial charge >= 0.3 is 5.97 Å². The lowest BCUT2D eigenvalue weighted by molar-refractivity contribution is 0.0320. The van der Waals surface area contributed by atoms with Gasteiger partial charge in [0, 0.05) is 16.5 Å². The fourth-order valence-electron chi connectivity index (χ4n) is 3.95. The summed E-state index contributed by atoms with van der Waals surface area (Å²) in [5.74, 6) is -0.749. The van der Waals surface area contributed by atoms with Crippen LogP contribution in [0.15, 0.2) is 66.7 Å². The van der Waals surface area contributed by atoms with Crippen molar-refractivity contribution in [1.82, 2.24) is 4.98 Å². The van der Waals surface area contributed by atoms with Crippen molar-refractivity contribution in [1.29, 1.82) is 0 Å². The molecule has 0 aliphatic carbocycles. The van der Waals surface area contributed by atoms with E-state index in [0.717, 1.165) is 38.9 Å². The van der Waals surface area contributed by atoms with Crippen LogP contribution in [0.1, 0.15) is 49.9 Å². The number of fused-ring (bicyclic) bond motifs is 1. The molecule has 1 aromatic heterocycles. The van der Waals surface area contributed by atoms with Gasteiger partial charge in [-0.05, 0) is 52.3 Å². The Labute approximate surface area is 194 Å². The van der Waals surface area contributed by atoms with E-state index in [2.05, 4.69) is 0 Å². The number of aryl methyl sites for hydroxylation is 3. The first-order chi connectivity index (χ1) is 15.7. The van der Waals surface area contributed by atoms with Gasteiger partial charge in [-0.1, -0.05) is 71.3 Å². The van der Waals surface area contributed by atoms with Gasteiger partial charge in [-0.15, -0.1) is 0 Å². The van der Waals surface area contributed by atoms with Crippen molar-refractivity contribution in [2.24, 2.45) is 0 Å². The van der Waals surface area contributed by atoms with Crippen molar-refractivity contribution in [3.63, 3.8) is 0 Å². The SMILES string of the molecule is Cc1ccc(C(=O)C(C)OC(=O)c2c(C)c(-c3ccc(C)cc3)nc3ccc(C)cc23)cc1. The molecule has 3 aromatic carbocycles. The smallest absolute Gasteiger partial charge is 0.339 e. The molecule has 0 saturated heterocycles. The number of hydrogen-bond donors (Lipinski definition) is 0. The summed E-state index contributed by atoms with van der Waals surface area (Å²) >= 11 is 0. The highest BCUT2D eigenvalue weighted by Gasteiger charge is 2.25. The number of pyridine rings is 1. The van der Waals surface area contributed by atoms with Crippen LogP contribution in [0.25, 0.3) is 22.2 Å². The minimum absolute atomic E-state index is 0.227. The molecule has 0 fully saturated rings. The van der Waals surface area contributed by atoms with Gasteiger partial charge in [-0.25, -0.2) is 9.78 Å². The third-order valence-corrected chi connectivity index (χ3v) is 5.90. The van der Waals surface area contributed by atoms with E-state index in [1.807, 2.05) is 82.3 Å². The number of nitrogens with zero attached hydrogens (tertiary/aromatic N) is 1. The standard InChI is InChI=1S/C29H27NO3/c1-17-6-11-22(12-7-17)27-20(4)26(24-16-19(3)10-15-25(24)30-27)29(32)33-21(5)28(31)23-13-8-18(2)9-14-23/h6-16,21H,1-5H3. The monoisotopic (exact) mass is 437 g/mol. The third kappa shape index (κ3) is 4.56. The average Bonchev–Trinajstić information content (AvgIpc) is 2.79. The van der Waals surface area contributed by atoms with E-state index in [4.69, 9.17) is 9.72 Å². The predicted molar refractivity (Wildman–Crippen MR) is 132 cm³/mol. The zero-order chi connectivity index (χ0) is 23.7. The lowest BCUT2D eigenvalue weighted by Gasteiger charge is -2.17. The summed E-state index contributed by atoms with van der Waals surface area (Å²) in [4.78, 5) is 31.1. The van der Waals surface area contributed by atoms with E-state index in [1.165, 1.54) is 0 Å². The van der Waals surface area contributed by atoms with Crippen molar-refractivity contribution in [2.45, 2.75) is 40.7 Å². The van der Waals surface area contributed by atoms with Crippen molar-refractivity contribution in [2.75, 3.05) is 0 Å². The molecule has 4 rings (SSSR count). The lowest BCUT2D eigenvalue weighted by atomic mass is 9.96. The molecule has 0 aliphatic rings. The van der Waals surface area contributed by atoms with Gasteiger partial charge in [0.2, 0.25) is 5.78 Å². The van der Waals surface area contributed by atoms with Crippen LogP contribution in [0.2, 0.25) is 0 Å². The largest absolute Gasteiger partial charge is 0.451 e. The first-order valence-electron chi connectivity index (χ1n) is 11.0. The molecular weight excluding hydrogens is 410 g/mol.